The highest BCUT2D eigenvalue weighted by atomic mass is 16.7. The lowest BCUT2D eigenvalue weighted by Crippen LogP contribution is -2.39. The molecule has 1 aromatic heterocycles. The third kappa shape index (κ3) is 5.78. The number of hydrazone groups is 1. The van der Waals surface area contributed by atoms with E-state index < -0.39 is 0 Å². The molecule has 7 nitrogen and oxygen atoms in total. The first kappa shape index (κ1) is 19.9. The van der Waals surface area contributed by atoms with Crippen LogP contribution in [0.4, 0.5) is 0 Å². The van der Waals surface area contributed by atoms with Crippen LogP contribution < -0.4 is 10.6 Å². The average Bonchev–Trinajstić information content (AvgIpc) is 3.61. The predicted molar refractivity (Wildman–Crippen MR) is 111 cm³/mol. The Labute approximate surface area is 171 Å². The number of hydrogen-bond donors (Lipinski definition) is 1. The summed E-state index contributed by atoms with van der Waals surface area (Å²) in [5.41, 5.74) is 1.91. The number of ether oxygens (including phenoxy) is 3. The van der Waals surface area contributed by atoms with Gasteiger partial charge in [-0.05, 0) is 31.7 Å². The lowest BCUT2D eigenvalue weighted by molar-refractivity contribution is -0.215. The molecular formula is C22H28N4O3. The van der Waals surface area contributed by atoms with Crippen molar-refractivity contribution < 1.29 is 14.2 Å². The van der Waals surface area contributed by atoms with E-state index in [1.54, 1.807) is 12.4 Å². The van der Waals surface area contributed by atoms with Gasteiger partial charge in [-0.2, -0.15) is 5.10 Å². The molecule has 1 saturated heterocycles. The van der Waals surface area contributed by atoms with Gasteiger partial charge >= 0.3 is 0 Å². The zero-order chi connectivity index (χ0) is 20.3. The topological polar surface area (TPSA) is 91.3 Å². The molecule has 0 bridgehead atoms. The standard InChI is InChI=1S/C22H28N4O3/c1-22(2)13-27-20(28-14-22)12-24-11-18(26-23)21-19(29-17-7-8-17)9-16(10-25-21)6-5-15-3-4-15/h9-11,15,17,20H,3-4,7-8,12-14,23H2,1-2H3/b24-11?,26-18+. The van der Waals surface area contributed by atoms with Gasteiger partial charge in [-0.3, -0.25) is 4.99 Å². The summed E-state index contributed by atoms with van der Waals surface area (Å²) in [5, 5.41) is 3.87. The van der Waals surface area contributed by atoms with E-state index in [9.17, 15) is 0 Å². The molecule has 2 heterocycles. The Bertz CT molecular complexity index is 851. The van der Waals surface area contributed by atoms with Crippen LogP contribution in [-0.4, -0.2) is 49.1 Å². The molecule has 29 heavy (non-hydrogen) atoms. The third-order valence-electron chi connectivity index (χ3n) is 4.84. The highest BCUT2D eigenvalue weighted by Gasteiger charge is 2.28. The molecular weight excluding hydrogens is 368 g/mol. The van der Waals surface area contributed by atoms with Crippen LogP contribution in [0, 0.1) is 23.2 Å². The van der Waals surface area contributed by atoms with Crippen molar-refractivity contribution in [2.24, 2.45) is 27.3 Å². The Hall–Kier alpha value is -2.43. The van der Waals surface area contributed by atoms with Crippen LogP contribution >= 0.6 is 0 Å². The Balaban J connectivity index is 1.45. The fourth-order valence-corrected chi connectivity index (χ4v) is 2.79. The molecule has 2 saturated carbocycles. The van der Waals surface area contributed by atoms with E-state index in [1.165, 1.54) is 12.8 Å². The zero-order valence-electron chi connectivity index (χ0n) is 17.1. The highest BCUT2D eigenvalue weighted by molar-refractivity contribution is 6.38. The Kier molecular flexibility index (Phi) is 5.84. The van der Waals surface area contributed by atoms with Crippen molar-refractivity contribution >= 4 is 11.9 Å². The van der Waals surface area contributed by atoms with E-state index in [0.717, 1.165) is 18.4 Å². The first-order chi connectivity index (χ1) is 14.0. The first-order valence-corrected chi connectivity index (χ1v) is 10.2. The minimum absolute atomic E-state index is 0.0349. The maximum atomic E-state index is 6.04. The van der Waals surface area contributed by atoms with Crippen molar-refractivity contribution in [1.29, 1.82) is 0 Å². The fraction of sp³-hybridized carbons (Fsp3) is 0.591. The van der Waals surface area contributed by atoms with Gasteiger partial charge < -0.3 is 20.1 Å². The minimum atomic E-state index is -0.353. The summed E-state index contributed by atoms with van der Waals surface area (Å²) in [5.74, 6) is 13.3. The summed E-state index contributed by atoms with van der Waals surface area (Å²) in [4.78, 5) is 8.93. The molecule has 2 N–H and O–H groups in total. The number of aromatic nitrogens is 1. The van der Waals surface area contributed by atoms with E-state index >= 15 is 0 Å². The third-order valence-corrected chi connectivity index (χ3v) is 4.84. The van der Waals surface area contributed by atoms with Gasteiger partial charge in [0.05, 0.1) is 32.1 Å². The van der Waals surface area contributed by atoms with E-state index in [2.05, 4.69) is 40.8 Å². The number of nitrogens with two attached hydrogens (primary N) is 1. The molecule has 0 atom stereocenters. The van der Waals surface area contributed by atoms with Crippen LogP contribution in [-0.2, 0) is 9.47 Å². The van der Waals surface area contributed by atoms with Crippen molar-refractivity contribution in [3.63, 3.8) is 0 Å². The normalized spacial score (nSPS) is 22.3. The number of nitrogens with zero attached hydrogens (tertiary/aromatic N) is 3. The molecule has 0 amide bonds. The second-order valence-corrected chi connectivity index (χ2v) is 8.66. The van der Waals surface area contributed by atoms with Gasteiger partial charge in [0.15, 0.2) is 6.29 Å². The van der Waals surface area contributed by atoms with Crippen LogP contribution in [0.1, 0.15) is 50.8 Å². The molecule has 0 radical (unpaired) electrons. The maximum absolute atomic E-state index is 6.04. The monoisotopic (exact) mass is 396 g/mol. The molecule has 3 aliphatic rings. The lowest BCUT2D eigenvalue weighted by atomic mass is 9.96. The molecule has 2 aliphatic carbocycles. The Morgan fingerprint density at radius 1 is 1.31 bits per heavy atom. The molecule has 1 aromatic rings. The molecule has 0 aromatic carbocycles. The van der Waals surface area contributed by atoms with Gasteiger partial charge in [0, 0.05) is 23.1 Å². The van der Waals surface area contributed by atoms with Crippen LogP contribution in [0.15, 0.2) is 22.4 Å². The largest absolute Gasteiger partial charge is 0.488 e. The van der Waals surface area contributed by atoms with Crippen LogP contribution in [0.3, 0.4) is 0 Å². The predicted octanol–water partition coefficient (Wildman–Crippen LogP) is 2.52. The van der Waals surface area contributed by atoms with Crippen LogP contribution in [0.5, 0.6) is 5.75 Å². The first-order valence-electron chi connectivity index (χ1n) is 10.2. The van der Waals surface area contributed by atoms with Crippen LogP contribution in [0.25, 0.3) is 0 Å². The number of hydrogen-bond acceptors (Lipinski definition) is 7. The summed E-state index contributed by atoms with van der Waals surface area (Å²) in [6.45, 7) is 5.89. The lowest BCUT2D eigenvalue weighted by Gasteiger charge is -2.33. The number of pyridine rings is 1. The molecule has 3 fully saturated rings. The van der Waals surface area contributed by atoms with Crippen LogP contribution in [0.2, 0.25) is 0 Å². The maximum Gasteiger partial charge on any atom is 0.176 e. The number of aliphatic imine (C=N–C) groups is 1. The molecule has 154 valence electrons. The van der Waals surface area contributed by atoms with E-state index in [-0.39, 0.29) is 17.8 Å². The van der Waals surface area contributed by atoms with Crippen molar-refractivity contribution in [3.8, 4) is 17.6 Å². The van der Waals surface area contributed by atoms with Gasteiger partial charge in [0.2, 0.25) is 0 Å². The molecule has 7 heteroatoms. The van der Waals surface area contributed by atoms with Gasteiger partial charge in [-0.25, -0.2) is 4.98 Å². The smallest absolute Gasteiger partial charge is 0.176 e. The average molecular weight is 396 g/mol. The molecule has 0 spiro atoms. The summed E-state index contributed by atoms with van der Waals surface area (Å²) in [6, 6.07) is 1.92. The van der Waals surface area contributed by atoms with Gasteiger partial charge in [0.25, 0.3) is 0 Å². The Morgan fingerprint density at radius 3 is 2.72 bits per heavy atom. The molecule has 0 unspecified atom stereocenters. The van der Waals surface area contributed by atoms with Gasteiger partial charge in [-0.1, -0.05) is 25.7 Å². The summed E-state index contributed by atoms with van der Waals surface area (Å²) in [6.07, 6.45) is 7.69. The molecule has 1 aliphatic heterocycles. The highest BCUT2D eigenvalue weighted by Crippen LogP contribution is 2.30. The van der Waals surface area contributed by atoms with Crippen molar-refractivity contribution in [2.45, 2.75) is 51.9 Å². The van der Waals surface area contributed by atoms with Crippen molar-refractivity contribution in [2.75, 3.05) is 19.8 Å². The van der Waals surface area contributed by atoms with Crippen molar-refractivity contribution in [1.82, 2.24) is 4.98 Å². The Morgan fingerprint density at radius 2 is 2.07 bits per heavy atom. The van der Waals surface area contributed by atoms with Crippen molar-refractivity contribution in [3.05, 3.63) is 23.5 Å². The summed E-state index contributed by atoms with van der Waals surface area (Å²) >= 11 is 0. The summed E-state index contributed by atoms with van der Waals surface area (Å²) < 4.78 is 17.5. The van der Waals surface area contributed by atoms with Gasteiger partial charge in [0.1, 0.15) is 17.2 Å². The second kappa shape index (κ2) is 8.52. The quantitative estimate of drug-likeness (QED) is 0.345. The van der Waals surface area contributed by atoms with Gasteiger partial charge in [-0.15, -0.1) is 0 Å². The van der Waals surface area contributed by atoms with E-state index in [4.69, 9.17) is 20.1 Å². The fourth-order valence-electron chi connectivity index (χ4n) is 2.79. The second-order valence-electron chi connectivity index (χ2n) is 8.66. The van der Waals surface area contributed by atoms with E-state index in [1.807, 2.05) is 6.07 Å². The zero-order valence-corrected chi connectivity index (χ0v) is 17.1. The minimum Gasteiger partial charge on any atom is -0.488 e. The number of rotatable bonds is 6. The summed E-state index contributed by atoms with van der Waals surface area (Å²) in [7, 11) is 0. The molecule has 4 rings (SSSR count). The SMILES string of the molecule is CC1(C)COC(CN=C/C(=N\N)c2ncc(C#CC3CC3)cc2OC2CC2)OC1. The van der Waals surface area contributed by atoms with E-state index in [0.29, 0.717) is 42.8 Å².